The van der Waals surface area contributed by atoms with Crippen molar-refractivity contribution in [3.05, 3.63) is 42.2 Å². The first kappa shape index (κ1) is 18.1. The highest BCUT2D eigenvalue weighted by Crippen LogP contribution is 2.17. The second kappa shape index (κ2) is 8.54. The molecule has 0 unspecified atom stereocenters. The number of nitrogens with zero attached hydrogens (tertiary/aromatic N) is 2. The SMILES string of the molecule is Cc1ccnc(-c2ccc(NC(=O)N[C@@H](C)CC[S@](C)=O)cc2)n1. The maximum Gasteiger partial charge on any atom is 0.319 e. The Kier molecular flexibility index (Phi) is 6.43. The number of hydrogen-bond acceptors (Lipinski definition) is 4. The molecule has 0 radical (unpaired) electrons. The van der Waals surface area contributed by atoms with E-state index in [0.29, 0.717) is 23.7 Å². The summed E-state index contributed by atoms with van der Waals surface area (Å²) in [4.78, 5) is 20.6. The lowest BCUT2D eigenvalue weighted by molar-refractivity contribution is 0.249. The molecule has 7 heteroatoms. The third-order valence-electron chi connectivity index (χ3n) is 3.41. The summed E-state index contributed by atoms with van der Waals surface area (Å²) in [6, 6.07) is 8.90. The molecule has 0 aliphatic rings. The first-order valence-electron chi connectivity index (χ1n) is 7.71. The number of amides is 2. The quantitative estimate of drug-likeness (QED) is 0.842. The highest BCUT2D eigenvalue weighted by atomic mass is 32.2. The van der Waals surface area contributed by atoms with Crippen molar-refractivity contribution in [2.45, 2.75) is 26.3 Å². The molecule has 2 amide bonds. The molecule has 0 spiro atoms. The van der Waals surface area contributed by atoms with E-state index in [1.807, 2.05) is 44.2 Å². The summed E-state index contributed by atoms with van der Waals surface area (Å²) in [5.41, 5.74) is 2.49. The van der Waals surface area contributed by atoms with Gasteiger partial charge in [-0.3, -0.25) is 4.21 Å². The number of benzene rings is 1. The summed E-state index contributed by atoms with van der Waals surface area (Å²) in [5.74, 6) is 1.24. The van der Waals surface area contributed by atoms with Crippen LogP contribution in [0.15, 0.2) is 36.5 Å². The molecule has 0 aliphatic carbocycles. The van der Waals surface area contributed by atoms with Crippen LogP contribution in [-0.4, -0.2) is 38.3 Å². The van der Waals surface area contributed by atoms with Crippen molar-refractivity contribution >= 4 is 22.5 Å². The number of carbonyl (C=O) groups excluding carboxylic acids is 1. The molecule has 2 aromatic rings. The summed E-state index contributed by atoms with van der Waals surface area (Å²) in [6.45, 7) is 3.81. The smallest absolute Gasteiger partial charge is 0.319 e. The summed E-state index contributed by atoms with van der Waals surface area (Å²) >= 11 is 0. The summed E-state index contributed by atoms with van der Waals surface area (Å²) in [7, 11) is -0.845. The maximum absolute atomic E-state index is 11.9. The molecule has 0 fully saturated rings. The van der Waals surface area contributed by atoms with E-state index in [1.165, 1.54) is 0 Å². The van der Waals surface area contributed by atoms with E-state index in [2.05, 4.69) is 20.6 Å². The predicted molar refractivity (Wildman–Crippen MR) is 97.4 cm³/mol. The maximum atomic E-state index is 11.9. The molecule has 1 aromatic carbocycles. The fourth-order valence-electron chi connectivity index (χ4n) is 2.10. The molecule has 2 rings (SSSR count). The van der Waals surface area contributed by atoms with Crippen molar-refractivity contribution in [2.75, 3.05) is 17.3 Å². The Morgan fingerprint density at radius 1 is 1.25 bits per heavy atom. The topological polar surface area (TPSA) is 84.0 Å². The van der Waals surface area contributed by atoms with Crippen LogP contribution >= 0.6 is 0 Å². The normalized spacial score (nSPS) is 13.1. The minimum atomic E-state index is -0.845. The van der Waals surface area contributed by atoms with Crippen molar-refractivity contribution in [3.63, 3.8) is 0 Å². The Labute approximate surface area is 144 Å². The third-order valence-corrected chi connectivity index (χ3v) is 4.22. The van der Waals surface area contributed by atoms with Crippen LogP contribution in [-0.2, 0) is 10.8 Å². The molecular weight excluding hydrogens is 324 g/mol. The molecule has 1 aromatic heterocycles. The zero-order valence-electron chi connectivity index (χ0n) is 14.1. The van der Waals surface area contributed by atoms with Gasteiger partial charge in [0.1, 0.15) is 0 Å². The molecule has 0 saturated carbocycles. The van der Waals surface area contributed by atoms with Crippen molar-refractivity contribution in [2.24, 2.45) is 0 Å². The zero-order chi connectivity index (χ0) is 17.5. The Hall–Kier alpha value is -2.28. The number of carbonyl (C=O) groups is 1. The van der Waals surface area contributed by atoms with Crippen LogP contribution in [0.2, 0.25) is 0 Å². The average molecular weight is 346 g/mol. The Bertz CT molecular complexity index is 719. The van der Waals surface area contributed by atoms with Crippen molar-refractivity contribution < 1.29 is 9.00 Å². The largest absolute Gasteiger partial charge is 0.335 e. The minimum Gasteiger partial charge on any atom is -0.335 e. The van der Waals surface area contributed by atoms with Gasteiger partial charge in [0.25, 0.3) is 0 Å². The number of urea groups is 1. The molecule has 0 aliphatic heterocycles. The zero-order valence-corrected chi connectivity index (χ0v) is 14.9. The van der Waals surface area contributed by atoms with Gasteiger partial charge in [0.05, 0.1) is 0 Å². The van der Waals surface area contributed by atoms with Gasteiger partial charge in [-0.25, -0.2) is 14.8 Å². The first-order valence-corrected chi connectivity index (χ1v) is 9.44. The van der Waals surface area contributed by atoms with Crippen LogP contribution < -0.4 is 10.6 Å². The minimum absolute atomic E-state index is 0.0335. The number of aromatic nitrogens is 2. The molecule has 2 atom stereocenters. The fraction of sp³-hybridized carbons (Fsp3) is 0.353. The van der Waals surface area contributed by atoms with Crippen LogP contribution in [0.25, 0.3) is 11.4 Å². The van der Waals surface area contributed by atoms with Gasteiger partial charge in [0, 0.05) is 52.0 Å². The van der Waals surface area contributed by atoms with E-state index < -0.39 is 10.8 Å². The molecule has 2 N–H and O–H groups in total. The van der Waals surface area contributed by atoms with Gasteiger partial charge >= 0.3 is 6.03 Å². The fourth-order valence-corrected chi connectivity index (χ4v) is 2.78. The van der Waals surface area contributed by atoms with E-state index in [1.54, 1.807) is 12.5 Å². The number of aryl methyl sites for hydroxylation is 1. The van der Waals surface area contributed by atoms with Crippen LogP contribution in [0.5, 0.6) is 0 Å². The van der Waals surface area contributed by atoms with Crippen LogP contribution in [0.4, 0.5) is 10.5 Å². The molecular formula is C17H22N4O2S. The monoisotopic (exact) mass is 346 g/mol. The number of nitrogens with one attached hydrogen (secondary N) is 2. The molecule has 0 saturated heterocycles. The van der Waals surface area contributed by atoms with E-state index in [-0.39, 0.29) is 12.1 Å². The number of anilines is 1. The second-order valence-electron chi connectivity index (χ2n) is 5.66. The molecule has 0 bridgehead atoms. The van der Waals surface area contributed by atoms with E-state index >= 15 is 0 Å². The summed E-state index contributed by atoms with van der Waals surface area (Å²) in [6.07, 6.45) is 4.06. The average Bonchev–Trinajstić information content (AvgIpc) is 2.53. The first-order chi connectivity index (χ1) is 11.4. The number of hydrogen-bond donors (Lipinski definition) is 2. The molecule has 6 nitrogen and oxygen atoms in total. The van der Waals surface area contributed by atoms with Crippen LogP contribution in [0, 0.1) is 6.92 Å². The van der Waals surface area contributed by atoms with Gasteiger partial charge in [-0.2, -0.15) is 0 Å². The van der Waals surface area contributed by atoms with Gasteiger partial charge < -0.3 is 10.6 Å². The Morgan fingerprint density at radius 3 is 2.58 bits per heavy atom. The van der Waals surface area contributed by atoms with Gasteiger partial charge in [0.15, 0.2) is 5.82 Å². The highest BCUT2D eigenvalue weighted by molar-refractivity contribution is 7.84. The standard InChI is InChI=1S/C17H22N4O2S/c1-12-8-10-18-16(19-12)14-4-6-15(7-5-14)21-17(22)20-13(2)9-11-24(3)23/h4-8,10,13H,9,11H2,1-3H3,(H2,20,21,22)/t13-,24-/m0/s1. The lowest BCUT2D eigenvalue weighted by Crippen LogP contribution is -2.36. The Balaban J connectivity index is 1.91. The van der Waals surface area contributed by atoms with Gasteiger partial charge in [-0.15, -0.1) is 0 Å². The molecule has 1 heterocycles. The summed E-state index contributed by atoms with van der Waals surface area (Å²) < 4.78 is 11.1. The lowest BCUT2D eigenvalue weighted by atomic mass is 10.2. The van der Waals surface area contributed by atoms with E-state index in [0.717, 1.165) is 11.3 Å². The predicted octanol–water partition coefficient (Wildman–Crippen LogP) is 2.73. The molecule has 24 heavy (non-hydrogen) atoms. The second-order valence-corrected chi connectivity index (χ2v) is 7.22. The Morgan fingerprint density at radius 2 is 1.96 bits per heavy atom. The van der Waals surface area contributed by atoms with Gasteiger partial charge in [0.2, 0.25) is 0 Å². The van der Waals surface area contributed by atoms with E-state index in [4.69, 9.17) is 0 Å². The van der Waals surface area contributed by atoms with Crippen molar-refractivity contribution in [1.82, 2.24) is 15.3 Å². The lowest BCUT2D eigenvalue weighted by Gasteiger charge is -2.14. The van der Waals surface area contributed by atoms with Crippen molar-refractivity contribution in [1.29, 1.82) is 0 Å². The third kappa shape index (κ3) is 5.73. The number of rotatable bonds is 6. The van der Waals surface area contributed by atoms with Gasteiger partial charge in [-0.1, -0.05) is 0 Å². The molecule has 128 valence electrons. The van der Waals surface area contributed by atoms with Crippen LogP contribution in [0.1, 0.15) is 19.0 Å². The van der Waals surface area contributed by atoms with Gasteiger partial charge in [-0.05, 0) is 50.6 Å². The van der Waals surface area contributed by atoms with Crippen molar-refractivity contribution in [3.8, 4) is 11.4 Å². The summed E-state index contributed by atoms with van der Waals surface area (Å²) in [5, 5.41) is 5.61. The van der Waals surface area contributed by atoms with E-state index in [9.17, 15) is 9.00 Å². The highest BCUT2D eigenvalue weighted by Gasteiger charge is 2.08. The van der Waals surface area contributed by atoms with Crippen LogP contribution in [0.3, 0.4) is 0 Å².